The Hall–Kier alpha value is -3.28. The highest BCUT2D eigenvalue weighted by atomic mass is 19.1. The van der Waals surface area contributed by atoms with Gasteiger partial charge in [0, 0.05) is 22.9 Å². The number of nitrogen functional groups attached to an aromatic ring is 1. The zero-order valence-electron chi connectivity index (χ0n) is 12.2. The van der Waals surface area contributed by atoms with Gasteiger partial charge in [0.25, 0.3) is 0 Å². The maximum Gasteiger partial charge on any atom is 0.153 e. The van der Waals surface area contributed by atoms with Crippen LogP contribution in [0, 0.1) is 5.41 Å². The monoisotopic (exact) mass is 310 g/mol. The summed E-state index contributed by atoms with van der Waals surface area (Å²) in [6.07, 6.45) is 4.72. The number of phenolic OH excluding ortho intramolecular Hbond substituents is 1. The number of nitrogens with one attached hydrogen (secondary N) is 1. The molecule has 0 aliphatic carbocycles. The average molecular weight is 310 g/mol. The molecule has 0 unspecified atom stereocenters. The van der Waals surface area contributed by atoms with Gasteiger partial charge in [0.2, 0.25) is 0 Å². The first-order valence-corrected chi connectivity index (χ1v) is 6.69. The van der Waals surface area contributed by atoms with Gasteiger partial charge in [-0.1, -0.05) is 24.8 Å². The molecule has 1 heterocycles. The second-order valence-corrected chi connectivity index (χ2v) is 4.57. The van der Waals surface area contributed by atoms with Crippen molar-refractivity contribution in [1.29, 1.82) is 5.41 Å². The van der Waals surface area contributed by atoms with Crippen molar-refractivity contribution in [3.8, 4) is 17.0 Å². The first-order valence-electron chi connectivity index (χ1n) is 6.69. The predicted molar refractivity (Wildman–Crippen MR) is 89.7 cm³/mol. The van der Waals surface area contributed by atoms with Crippen LogP contribution in [-0.2, 0) is 0 Å². The highest BCUT2D eigenvalue weighted by molar-refractivity contribution is 5.76. The van der Waals surface area contributed by atoms with Gasteiger partial charge in [0.05, 0.1) is 5.69 Å². The van der Waals surface area contributed by atoms with Crippen molar-refractivity contribution in [1.82, 2.24) is 10.2 Å². The van der Waals surface area contributed by atoms with E-state index in [0.717, 1.165) is 6.21 Å². The molecule has 0 spiro atoms. The number of nitrogens with zero attached hydrogens (tertiary/aromatic N) is 2. The topological polar surface area (TPSA) is 95.9 Å². The van der Waals surface area contributed by atoms with Crippen LogP contribution in [0.25, 0.3) is 17.3 Å². The quantitative estimate of drug-likeness (QED) is 0.581. The number of hydrogen-bond acceptors (Lipinski definition) is 5. The van der Waals surface area contributed by atoms with Crippen LogP contribution >= 0.6 is 0 Å². The molecule has 23 heavy (non-hydrogen) atoms. The van der Waals surface area contributed by atoms with Crippen LogP contribution < -0.4 is 5.73 Å². The summed E-state index contributed by atoms with van der Waals surface area (Å²) in [6.45, 7) is 3.50. The molecule has 0 fully saturated rings. The molecule has 0 aliphatic rings. The van der Waals surface area contributed by atoms with E-state index in [0.29, 0.717) is 16.8 Å². The predicted octanol–water partition coefficient (Wildman–Crippen LogP) is 3.50. The van der Waals surface area contributed by atoms with Crippen molar-refractivity contribution in [2.24, 2.45) is 0 Å². The van der Waals surface area contributed by atoms with Crippen molar-refractivity contribution in [2.75, 3.05) is 5.73 Å². The molecule has 0 saturated carbocycles. The second-order valence-electron chi connectivity index (χ2n) is 4.57. The average Bonchev–Trinajstić information content (AvgIpc) is 2.55. The fraction of sp³-hybridized carbons (Fsp3) is 0. The Labute approximate surface area is 132 Å². The number of nitrogens with two attached hydrogens (primary N) is 1. The molecular formula is C17H15FN4O. The summed E-state index contributed by atoms with van der Waals surface area (Å²) >= 11 is 0. The second kappa shape index (κ2) is 7.13. The third-order valence-corrected chi connectivity index (χ3v) is 3.07. The van der Waals surface area contributed by atoms with Gasteiger partial charge in [-0.25, -0.2) is 4.39 Å². The van der Waals surface area contributed by atoms with Gasteiger partial charge >= 0.3 is 0 Å². The summed E-state index contributed by atoms with van der Waals surface area (Å²) in [7, 11) is 0. The molecule has 2 rings (SSSR count). The summed E-state index contributed by atoms with van der Waals surface area (Å²) in [5.74, 6) is -0.513. The zero-order valence-corrected chi connectivity index (χ0v) is 12.2. The molecule has 4 N–H and O–H groups in total. The minimum absolute atomic E-state index is 0.0393. The Morgan fingerprint density at radius 2 is 2.04 bits per heavy atom. The van der Waals surface area contributed by atoms with Gasteiger partial charge in [-0.3, -0.25) is 0 Å². The fourth-order valence-corrected chi connectivity index (χ4v) is 1.91. The van der Waals surface area contributed by atoms with Gasteiger partial charge in [-0.05, 0) is 30.4 Å². The molecule has 0 radical (unpaired) electrons. The lowest BCUT2D eigenvalue weighted by molar-refractivity contribution is 0.477. The minimum atomic E-state index is -0.605. The smallest absolute Gasteiger partial charge is 0.153 e. The van der Waals surface area contributed by atoms with Crippen LogP contribution in [0.15, 0.2) is 60.5 Å². The third kappa shape index (κ3) is 3.68. The van der Waals surface area contributed by atoms with Crippen molar-refractivity contribution in [3.63, 3.8) is 0 Å². The van der Waals surface area contributed by atoms with E-state index in [4.69, 9.17) is 11.1 Å². The first-order chi connectivity index (χ1) is 11.1. The van der Waals surface area contributed by atoms with Gasteiger partial charge in [-0.15, -0.1) is 10.2 Å². The van der Waals surface area contributed by atoms with Gasteiger partial charge in [-0.2, -0.15) is 0 Å². The summed E-state index contributed by atoms with van der Waals surface area (Å²) < 4.78 is 14.2. The van der Waals surface area contributed by atoms with Crippen LogP contribution in [0.5, 0.6) is 5.75 Å². The number of hydrogen-bond donors (Lipinski definition) is 3. The van der Waals surface area contributed by atoms with Crippen molar-refractivity contribution in [2.45, 2.75) is 0 Å². The van der Waals surface area contributed by atoms with E-state index < -0.39 is 5.83 Å². The van der Waals surface area contributed by atoms with Crippen LogP contribution in [0.4, 0.5) is 10.2 Å². The number of anilines is 1. The molecule has 0 saturated heterocycles. The lowest BCUT2D eigenvalue weighted by Gasteiger charge is -2.06. The molecule has 0 atom stereocenters. The van der Waals surface area contributed by atoms with Crippen molar-refractivity contribution < 1.29 is 9.50 Å². The lowest BCUT2D eigenvalue weighted by Crippen LogP contribution is -1.99. The largest absolute Gasteiger partial charge is 0.507 e. The van der Waals surface area contributed by atoms with Crippen LogP contribution in [-0.4, -0.2) is 21.5 Å². The van der Waals surface area contributed by atoms with Crippen LogP contribution in [0.1, 0.15) is 5.56 Å². The van der Waals surface area contributed by atoms with E-state index in [9.17, 15) is 9.50 Å². The summed E-state index contributed by atoms with van der Waals surface area (Å²) in [5, 5.41) is 24.6. The highest BCUT2D eigenvalue weighted by Crippen LogP contribution is 2.29. The molecule has 116 valence electrons. The molecule has 0 bridgehead atoms. The van der Waals surface area contributed by atoms with Gasteiger partial charge in [0.15, 0.2) is 5.82 Å². The third-order valence-electron chi connectivity index (χ3n) is 3.07. The number of aromatic hydroxyl groups is 1. The molecular weight excluding hydrogens is 295 g/mol. The highest BCUT2D eigenvalue weighted by Gasteiger charge is 2.10. The number of phenols is 1. The Morgan fingerprint density at radius 1 is 1.30 bits per heavy atom. The molecule has 6 heteroatoms. The number of allylic oxidation sites excluding steroid dienone is 4. The summed E-state index contributed by atoms with van der Waals surface area (Å²) in [5.41, 5.74) is 7.03. The normalized spacial score (nSPS) is 12.0. The van der Waals surface area contributed by atoms with E-state index >= 15 is 0 Å². The number of aromatic nitrogens is 2. The van der Waals surface area contributed by atoms with E-state index in [1.54, 1.807) is 18.2 Å². The fourth-order valence-electron chi connectivity index (χ4n) is 1.91. The van der Waals surface area contributed by atoms with Crippen molar-refractivity contribution >= 4 is 18.1 Å². The summed E-state index contributed by atoms with van der Waals surface area (Å²) in [4.78, 5) is 0. The summed E-state index contributed by atoms with van der Waals surface area (Å²) in [6, 6.07) is 8.14. The zero-order chi connectivity index (χ0) is 16.8. The van der Waals surface area contributed by atoms with Crippen LogP contribution in [0.2, 0.25) is 0 Å². The number of para-hydroxylation sites is 1. The standard InChI is InChI=1S/C17H15FN4O/c1-2-11(7-8-19)14(18)9-12-10-15(21-22-17(12)20)13-5-3-4-6-16(13)23/h2-10,19,23H,1H2,(H2,20,22)/b11-7+,14-9-,19-8?. The Morgan fingerprint density at radius 3 is 2.70 bits per heavy atom. The molecule has 2 aromatic rings. The number of benzene rings is 1. The molecule has 1 aromatic heterocycles. The van der Waals surface area contributed by atoms with Gasteiger partial charge in [0.1, 0.15) is 11.6 Å². The lowest BCUT2D eigenvalue weighted by atomic mass is 10.1. The van der Waals surface area contributed by atoms with E-state index in [1.165, 1.54) is 30.4 Å². The molecule has 1 aromatic carbocycles. The van der Waals surface area contributed by atoms with Crippen LogP contribution in [0.3, 0.4) is 0 Å². The first kappa shape index (κ1) is 16.1. The Bertz CT molecular complexity index is 812. The Balaban J connectivity index is 2.50. The van der Waals surface area contributed by atoms with Crippen molar-refractivity contribution in [3.05, 3.63) is 66.0 Å². The molecule has 0 aliphatic heterocycles. The van der Waals surface area contributed by atoms with E-state index in [1.807, 2.05) is 0 Å². The number of halogens is 1. The number of rotatable bonds is 5. The maximum atomic E-state index is 14.2. The molecule has 0 amide bonds. The van der Waals surface area contributed by atoms with E-state index in [-0.39, 0.29) is 17.1 Å². The maximum absolute atomic E-state index is 14.2. The SMILES string of the molecule is C=CC(=C\C=N)/C(F)=C/c1cc(-c2ccccc2O)nnc1N. The van der Waals surface area contributed by atoms with E-state index in [2.05, 4.69) is 16.8 Å². The molecule has 5 nitrogen and oxygen atoms in total. The Kier molecular flexibility index (Phi) is 4.99. The van der Waals surface area contributed by atoms with Gasteiger partial charge < -0.3 is 16.2 Å². The minimum Gasteiger partial charge on any atom is -0.507 e.